The fraction of sp³-hybridized carbons (Fsp3) is 1.00. The van der Waals surface area contributed by atoms with Gasteiger partial charge in [-0.05, 0) is 25.8 Å². The zero-order valence-corrected chi connectivity index (χ0v) is 8.73. The highest BCUT2D eigenvalue weighted by atomic mass is 32.2. The number of rotatable bonds is 6. The highest BCUT2D eigenvalue weighted by Crippen LogP contribution is 2.11. The van der Waals surface area contributed by atoms with Crippen molar-refractivity contribution in [2.75, 3.05) is 12.3 Å². The lowest BCUT2D eigenvalue weighted by atomic mass is 10.3. The van der Waals surface area contributed by atoms with Crippen LogP contribution in [0.4, 0.5) is 0 Å². The Balaban J connectivity index is 4.17. The van der Waals surface area contributed by atoms with Crippen molar-refractivity contribution in [3.8, 4) is 0 Å². The van der Waals surface area contributed by atoms with Gasteiger partial charge in [0.2, 0.25) is 0 Å². The summed E-state index contributed by atoms with van der Waals surface area (Å²) in [5, 5.41) is -0.163. The number of hydrogen-bond acceptors (Lipinski definition) is 3. The summed E-state index contributed by atoms with van der Waals surface area (Å²) in [6, 6.07) is 0. The predicted octanol–water partition coefficient (Wildman–Crippen LogP) is 0.939. The second-order valence-corrected chi connectivity index (χ2v) is 5.35. The highest BCUT2D eigenvalue weighted by molar-refractivity contribution is 7.92. The van der Waals surface area contributed by atoms with Crippen LogP contribution in [0, 0.1) is 0 Å². The molecule has 12 heavy (non-hydrogen) atoms. The third kappa shape index (κ3) is 3.54. The molecule has 4 heteroatoms. The summed E-state index contributed by atoms with van der Waals surface area (Å²) < 4.78 is 23.0. The van der Waals surface area contributed by atoms with Gasteiger partial charge in [-0.25, -0.2) is 8.42 Å². The fourth-order valence-corrected chi connectivity index (χ4v) is 3.17. The van der Waals surface area contributed by atoms with Crippen molar-refractivity contribution in [1.29, 1.82) is 0 Å². The first-order valence-corrected chi connectivity index (χ1v) is 6.21. The summed E-state index contributed by atoms with van der Waals surface area (Å²) >= 11 is 0. The average molecular weight is 193 g/mol. The van der Waals surface area contributed by atoms with Crippen molar-refractivity contribution in [1.82, 2.24) is 0 Å². The Morgan fingerprint density at radius 1 is 1.25 bits per heavy atom. The second-order valence-electron chi connectivity index (χ2n) is 2.95. The van der Waals surface area contributed by atoms with Crippen molar-refractivity contribution >= 4 is 9.84 Å². The molecule has 0 radical (unpaired) electrons. The molecule has 74 valence electrons. The SMILES string of the molecule is CCC(CC)S(=O)(=O)CCCN. The van der Waals surface area contributed by atoms with Crippen LogP contribution in [0.3, 0.4) is 0 Å². The van der Waals surface area contributed by atoms with Crippen molar-refractivity contribution in [3.05, 3.63) is 0 Å². The molecule has 3 nitrogen and oxygen atoms in total. The zero-order valence-electron chi connectivity index (χ0n) is 7.91. The van der Waals surface area contributed by atoms with Crippen LogP contribution in [-0.2, 0) is 9.84 Å². The normalized spacial score (nSPS) is 12.3. The van der Waals surface area contributed by atoms with E-state index in [1.165, 1.54) is 0 Å². The standard InChI is InChI=1S/C8H19NO2S/c1-3-8(4-2)12(10,11)7-5-6-9/h8H,3-7,9H2,1-2H3. The predicted molar refractivity (Wildman–Crippen MR) is 51.8 cm³/mol. The van der Waals surface area contributed by atoms with Crippen LogP contribution in [0.25, 0.3) is 0 Å². The van der Waals surface area contributed by atoms with Gasteiger partial charge in [-0.1, -0.05) is 13.8 Å². The Kier molecular flexibility index (Phi) is 5.50. The number of nitrogens with two attached hydrogens (primary N) is 1. The lowest BCUT2D eigenvalue weighted by Gasteiger charge is -2.12. The molecule has 0 rings (SSSR count). The van der Waals surface area contributed by atoms with Crippen LogP contribution in [0.15, 0.2) is 0 Å². The Morgan fingerprint density at radius 2 is 1.75 bits per heavy atom. The van der Waals surface area contributed by atoms with Crippen LogP contribution >= 0.6 is 0 Å². The zero-order chi connectivity index (χ0) is 9.61. The van der Waals surface area contributed by atoms with E-state index in [-0.39, 0.29) is 11.0 Å². The van der Waals surface area contributed by atoms with Gasteiger partial charge in [0.15, 0.2) is 9.84 Å². The van der Waals surface area contributed by atoms with Crippen LogP contribution in [0.2, 0.25) is 0 Å². The smallest absolute Gasteiger partial charge is 0.153 e. The van der Waals surface area contributed by atoms with Gasteiger partial charge < -0.3 is 5.73 Å². The molecule has 0 saturated heterocycles. The van der Waals surface area contributed by atoms with Gasteiger partial charge in [0.05, 0.1) is 11.0 Å². The minimum absolute atomic E-state index is 0.163. The summed E-state index contributed by atoms with van der Waals surface area (Å²) in [4.78, 5) is 0. The first-order valence-electron chi connectivity index (χ1n) is 4.50. The maximum absolute atomic E-state index is 11.5. The second kappa shape index (κ2) is 5.54. The first-order chi connectivity index (χ1) is 5.58. The quantitative estimate of drug-likeness (QED) is 0.683. The highest BCUT2D eigenvalue weighted by Gasteiger charge is 2.20. The minimum atomic E-state index is -2.86. The van der Waals surface area contributed by atoms with Gasteiger partial charge in [-0.2, -0.15) is 0 Å². The molecule has 0 aliphatic rings. The molecule has 0 saturated carbocycles. The van der Waals surface area contributed by atoms with E-state index >= 15 is 0 Å². The summed E-state index contributed by atoms with van der Waals surface area (Å²) in [6.07, 6.45) is 2.01. The van der Waals surface area contributed by atoms with Crippen LogP contribution in [-0.4, -0.2) is 26.0 Å². The number of hydrogen-bond donors (Lipinski definition) is 1. The molecule has 0 spiro atoms. The average Bonchev–Trinajstić information content (AvgIpc) is 2.03. The summed E-state index contributed by atoms with van der Waals surface area (Å²) in [7, 11) is -2.86. The molecule has 0 aromatic rings. The molecule has 0 atom stereocenters. The maximum atomic E-state index is 11.5. The first kappa shape index (κ1) is 11.9. The molecule has 0 aliphatic heterocycles. The molecule has 0 fully saturated rings. The lowest BCUT2D eigenvalue weighted by molar-refractivity contribution is 0.569. The van der Waals surface area contributed by atoms with E-state index in [0.29, 0.717) is 25.8 Å². The largest absolute Gasteiger partial charge is 0.330 e. The van der Waals surface area contributed by atoms with E-state index in [1.807, 2.05) is 13.8 Å². The van der Waals surface area contributed by atoms with E-state index in [2.05, 4.69) is 0 Å². The lowest BCUT2D eigenvalue weighted by Crippen LogP contribution is -2.24. The summed E-state index contributed by atoms with van der Waals surface area (Å²) in [5.41, 5.74) is 5.25. The molecule has 0 aromatic heterocycles. The molecule has 0 amide bonds. The van der Waals surface area contributed by atoms with Crippen molar-refractivity contribution in [2.24, 2.45) is 5.73 Å². The van der Waals surface area contributed by atoms with E-state index < -0.39 is 9.84 Å². The van der Waals surface area contributed by atoms with Crippen LogP contribution in [0.5, 0.6) is 0 Å². The Bertz CT molecular complexity index is 195. The van der Waals surface area contributed by atoms with Crippen LogP contribution < -0.4 is 5.73 Å². The monoisotopic (exact) mass is 193 g/mol. The Labute approximate surface area is 75.3 Å². The van der Waals surface area contributed by atoms with Crippen molar-refractivity contribution < 1.29 is 8.42 Å². The third-order valence-electron chi connectivity index (χ3n) is 2.05. The number of sulfone groups is 1. The van der Waals surface area contributed by atoms with Gasteiger partial charge >= 0.3 is 0 Å². The summed E-state index contributed by atoms with van der Waals surface area (Å²) in [5.74, 6) is 0.246. The topological polar surface area (TPSA) is 60.2 Å². The van der Waals surface area contributed by atoms with Gasteiger partial charge in [-0.15, -0.1) is 0 Å². The van der Waals surface area contributed by atoms with Gasteiger partial charge in [-0.3, -0.25) is 0 Å². The van der Waals surface area contributed by atoms with E-state index in [4.69, 9.17) is 5.73 Å². The maximum Gasteiger partial charge on any atom is 0.153 e. The molecule has 0 aliphatic carbocycles. The molecule has 2 N–H and O–H groups in total. The van der Waals surface area contributed by atoms with E-state index in [1.54, 1.807) is 0 Å². The van der Waals surface area contributed by atoms with Gasteiger partial charge in [0.25, 0.3) is 0 Å². The van der Waals surface area contributed by atoms with Crippen molar-refractivity contribution in [2.45, 2.75) is 38.4 Å². The molecule has 0 heterocycles. The van der Waals surface area contributed by atoms with Crippen molar-refractivity contribution in [3.63, 3.8) is 0 Å². The van der Waals surface area contributed by atoms with Gasteiger partial charge in [0.1, 0.15) is 0 Å². The Hall–Kier alpha value is -0.0900. The van der Waals surface area contributed by atoms with Crippen LogP contribution in [0.1, 0.15) is 33.1 Å². The molecular formula is C8H19NO2S. The molecule has 0 unspecified atom stereocenters. The molecule has 0 bridgehead atoms. The Morgan fingerprint density at radius 3 is 2.08 bits per heavy atom. The van der Waals surface area contributed by atoms with Gasteiger partial charge in [0, 0.05) is 0 Å². The van der Waals surface area contributed by atoms with E-state index in [9.17, 15) is 8.42 Å². The third-order valence-corrected chi connectivity index (χ3v) is 4.59. The molecular weight excluding hydrogens is 174 g/mol. The summed E-state index contributed by atoms with van der Waals surface area (Å²) in [6.45, 7) is 4.28. The van der Waals surface area contributed by atoms with E-state index in [0.717, 1.165) is 0 Å². The minimum Gasteiger partial charge on any atom is -0.330 e. The fourth-order valence-electron chi connectivity index (χ4n) is 1.25. The molecule has 0 aromatic carbocycles.